The molecule has 0 radical (unpaired) electrons. The fraction of sp³-hybridized carbons (Fsp3) is 0. The molecule has 8 heteroatoms. The fourth-order valence-electron chi connectivity index (χ4n) is 0.215. The monoisotopic (exact) mass is 196 g/mol. The highest BCUT2D eigenvalue weighted by Gasteiger charge is 1.61. The lowest BCUT2D eigenvalue weighted by atomic mass is 10.8. The highest BCUT2D eigenvalue weighted by Crippen LogP contribution is 1.98. The smallest absolute Gasteiger partial charge is 0.314 e. The molecule has 1 aromatic rings. The molecule has 12 heavy (non-hydrogen) atoms. The number of aromatic amines is 1. The van der Waals surface area contributed by atoms with Crippen LogP contribution in [0.1, 0.15) is 0 Å². The van der Waals surface area contributed by atoms with Crippen LogP contribution < -0.4 is 0 Å². The maximum absolute atomic E-state index is 8.74. The summed E-state index contributed by atoms with van der Waals surface area (Å²) in [5.74, 6) is 0. The van der Waals surface area contributed by atoms with Crippen LogP contribution >= 0.6 is 8.25 Å². The largest absolute Gasteiger partial charge is 0.483 e. The summed E-state index contributed by atoms with van der Waals surface area (Å²) in [6.07, 6.45) is 3.46. The SMILES string of the molecule is O=CO.O=[PH](O)O.c1cn[nH]c1. The molecule has 1 rings (SSSR count). The van der Waals surface area contributed by atoms with E-state index < -0.39 is 8.25 Å². The Morgan fingerprint density at radius 3 is 2.00 bits per heavy atom. The van der Waals surface area contributed by atoms with E-state index in [-0.39, 0.29) is 6.47 Å². The van der Waals surface area contributed by atoms with Crippen molar-refractivity contribution in [1.82, 2.24) is 10.2 Å². The first-order chi connectivity index (χ1) is 5.65. The topological polar surface area (TPSA) is 124 Å². The predicted octanol–water partition coefficient (Wildman–Crippen LogP) is -0.529. The van der Waals surface area contributed by atoms with Crippen molar-refractivity contribution in [3.05, 3.63) is 18.5 Å². The first-order valence-electron chi connectivity index (χ1n) is 2.58. The van der Waals surface area contributed by atoms with Crippen LogP contribution in [0.15, 0.2) is 18.5 Å². The Labute approximate surface area is 68.6 Å². The highest BCUT2D eigenvalue weighted by molar-refractivity contribution is 7.30. The van der Waals surface area contributed by atoms with Gasteiger partial charge in [0.2, 0.25) is 0 Å². The first-order valence-corrected chi connectivity index (χ1v) is 3.89. The minimum Gasteiger partial charge on any atom is -0.483 e. The second kappa shape index (κ2) is 12.5. The first kappa shape index (κ1) is 13.4. The van der Waals surface area contributed by atoms with Crippen molar-refractivity contribution < 1.29 is 24.3 Å². The van der Waals surface area contributed by atoms with Gasteiger partial charge in [-0.2, -0.15) is 5.10 Å². The van der Waals surface area contributed by atoms with Crippen LogP contribution in [0.2, 0.25) is 0 Å². The van der Waals surface area contributed by atoms with Gasteiger partial charge in [0, 0.05) is 12.4 Å². The zero-order valence-electron chi connectivity index (χ0n) is 5.91. The van der Waals surface area contributed by atoms with Crippen LogP contribution in [0.25, 0.3) is 0 Å². The maximum atomic E-state index is 8.74. The third-order valence-corrected chi connectivity index (χ3v) is 0.406. The number of nitrogens with zero attached hydrogens (tertiary/aromatic N) is 1. The molecule has 7 nitrogen and oxygen atoms in total. The Balaban J connectivity index is 0. The Morgan fingerprint density at radius 1 is 1.50 bits per heavy atom. The van der Waals surface area contributed by atoms with Crippen LogP contribution in [0.3, 0.4) is 0 Å². The molecule has 0 unspecified atom stereocenters. The lowest BCUT2D eigenvalue weighted by molar-refractivity contribution is -0.122. The van der Waals surface area contributed by atoms with Crippen LogP contribution in [-0.2, 0) is 9.36 Å². The van der Waals surface area contributed by atoms with Crippen LogP contribution in [0.5, 0.6) is 0 Å². The molecule has 0 atom stereocenters. The van der Waals surface area contributed by atoms with Crippen LogP contribution in [0, 0.1) is 0 Å². The van der Waals surface area contributed by atoms with Crippen molar-refractivity contribution in [2.24, 2.45) is 0 Å². The highest BCUT2D eigenvalue weighted by atomic mass is 31.1. The van der Waals surface area contributed by atoms with Crippen molar-refractivity contribution >= 4 is 14.7 Å². The van der Waals surface area contributed by atoms with Gasteiger partial charge in [0.05, 0.1) is 0 Å². The zero-order chi connectivity index (χ0) is 9.82. The van der Waals surface area contributed by atoms with E-state index in [1.165, 1.54) is 0 Å². The normalized spacial score (nSPS) is 7.25. The van der Waals surface area contributed by atoms with E-state index in [2.05, 4.69) is 10.2 Å². The van der Waals surface area contributed by atoms with Crippen molar-refractivity contribution in [2.75, 3.05) is 0 Å². The molecule has 0 amide bonds. The molecule has 0 aliphatic heterocycles. The standard InChI is InChI=1S/C3H4N2.CH2O2.H3O3P/c1-2-4-5-3-1;2-1-3;1-4(2)3/h1-3H,(H,4,5);1H,(H,2,3);4H,(H2,1,2,3). The van der Waals surface area contributed by atoms with Gasteiger partial charge in [-0.05, 0) is 6.07 Å². The van der Waals surface area contributed by atoms with Crippen LogP contribution in [0.4, 0.5) is 0 Å². The lowest BCUT2D eigenvalue weighted by Crippen LogP contribution is -1.53. The summed E-state index contributed by atoms with van der Waals surface area (Å²) in [7, 11) is -3.13. The predicted molar refractivity (Wildman–Crippen MR) is 40.7 cm³/mol. The summed E-state index contributed by atoms with van der Waals surface area (Å²) >= 11 is 0. The number of hydrogen-bond acceptors (Lipinski definition) is 3. The van der Waals surface area contributed by atoms with Gasteiger partial charge in [-0.15, -0.1) is 0 Å². The zero-order valence-corrected chi connectivity index (χ0v) is 6.91. The van der Waals surface area contributed by atoms with Gasteiger partial charge < -0.3 is 14.9 Å². The van der Waals surface area contributed by atoms with Gasteiger partial charge >= 0.3 is 8.25 Å². The third kappa shape index (κ3) is 36.9. The van der Waals surface area contributed by atoms with E-state index in [0.29, 0.717) is 0 Å². The average Bonchev–Trinajstić information content (AvgIpc) is 2.40. The molecule has 1 aromatic heterocycles. The van der Waals surface area contributed by atoms with Gasteiger partial charge in [0.15, 0.2) is 0 Å². The molecule has 0 fully saturated rings. The van der Waals surface area contributed by atoms with Gasteiger partial charge in [0.25, 0.3) is 6.47 Å². The Kier molecular flexibility index (Phi) is 14.0. The second-order valence-corrected chi connectivity index (χ2v) is 1.72. The average molecular weight is 196 g/mol. The molecule has 0 spiro atoms. The number of carboxylic acid groups (broad SMARTS) is 1. The summed E-state index contributed by atoms with van der Waals surface area (Å²) in [6.45, 7) is -0.250. The molecular weight excluding hydrogens is 187 g/mol. The van der Waals surface area contributed by atoms with E-state index in [1.807, 2.05) is 6.07 Å². The van der Waals surface area contributed by atoms with Gasteiger partial charge in [0.1, 0.15) is 0 Å². The number of H-pyrrole nitrogens is 1. The molecule has 0 aliphatic carbocycles. The summed E-state index contributed by atoms with van der Waals surface area (Å²) in [4.78, 5) is 22.7. The number of nitrogens with one attached hydrogen (secondary N) is 1. The maximum Gasteiger partial charge on any atom is 0.314 e. The minimum atomic E-state index is -3.13. The molecule has 4 N–H and O–H groups in total. The van der Waals surface area contributed by atoms with Gasteiger partial charge in [-0.25, -0.2) is 0 Å². The van der Waals surface area contributed by atoms with Crippen molar-refractivity contribution in [2.45, 2.75) is 0 Å². The fourth-order valence-corrected chi connectivity index (χ4v) is 0.215. The van der Waals surface area contributed by atoms with E-state index in [1.54, 1.807) is 12.4 Å². The number of hydrogen-bond donors (Lipinski definition) is 4. The molecule has 0 bridgehead atoms. The minimum absolute atomic E-state index is 0.250. The molecule has 0 saturated heterocycles. The molecule has 0 aliphatic rings. The Hall–Kier alpha value is -1.17. The Bertz CT molecular complexity index is 168. The summed E-state index contributed by atoms with van der Waals surface area (Å²) in [5.41, 5.74) is 0. The molecule has 0 aromatic carbocycles. The lowest BCUT2D eigenvalue weighted by Gasteiger charge is -1.61. The van der Waals surface area contributed by atoms with Crippen molar-refractivity contribution in [3.8, 4) is 0 Å². The molecular formula is C4H9N2O5P. The Morgan fingerprint density at radius 2 is 1.92 bits per heavy atom. The van der Waals surface area contributed by atoms with Crippen molar-refractivity contribution in [3.63, 3.8) is 0 Å². The molecule has 1 heterocycles. The molecule has 70 valence electrons. The molecule has 0 saturated carbocycles. The van der Waals surface area contributed by atoms with Crippen LogP contribution in [-0.4, -0.2) is 31.6 Å². The third-order valence-electron chi connectivity index (χ3n) is 0.406. The van der Waals surface area contributed by atoms with E-state index >= 15 is 0 Å². The van der Waals surface area contributed by atoms with E-state index in [9.17, 15) is 0 Å². The summed E-state index contributed by atoms with van der Waals surface area (Å²) in [6, 6.07) is 1.83. The van der Waals surface area contributed by atoms with Crippen molar-refractivity contribution in [1.29, 1.82) is 0 Å². The number of aromatic nitrogens is 2. The quantitative estimate of drug-likeness (QED) is 0.326. The number of carbonyl (C=O) groups is 1. The summed E-state index contributed by atoms with van der Waals surface area (Å²) in [5, 5.41) is 13.1. The van der Waals surface area contributed by atoms with E-state index in [4.69, 9.17) is 24.3 Å². The number of rotatable bonds is 0. The van der Waals surface area contributed by atoms with E-state index in [0.717, 1.165) is 0 Å². The van der Waals surface area contributed by atoms with Gasteiger partial charge in [-0.3, -0.25) is 14.5 Å². The van der Waals surface area contributed by atoms with Gasteiger partial charge in [-0.1, -0.05) is 0 Å². The second-order valence-electron chi connectivity index (χ2n) is 1.15. The summed E-state index contributed by atoms with van der Waals surface area (Å²) < 4.78 is 8.74.